The highest BCUT2D eigenvalue weighted by Crippen LogP contribution is 2.57. The molecule has 288 valence electrons. The summed E-state index contributed by atoms with van der Waals surface area (Å²) in [4.78, 5) is 20.4. The van der Waals surface area contributed by atoms with Crippen LogP contribution in [0.2, 0.25) is 0 Å². The van der Waals surface area contributed by atoms with E-state index < -0.39 is 70.0 Å². The Hall–Kier alpha value is -5.59. The number of methoxy groups -OCH3 is 2. The Kier molecular flexibility index (Phi) is 9.66. The maximum absolute atomic E-state index is 13.5. The van der Waals surface area contributed by atoms with Gasteiger partial charge in [-0.15, -0.1) is 0 Å². The Labute approximate surface area is 302 Å². The van der Waals surface area contributed by atoms with Crippen LogP contribution in [0.3, 0.4) is 0 Å². The fraction of sp³-hybridized carbons (Fsp3) is 0.314. The minimum Gasteiger partial charge on any atom is -0.504 e. The van der Waals surface area contributed by atoms with E-state index in [1.807, 2.05) is 0 Å². The fourth-order valence-corrected chi connectivity index (χ4v) is 7.59. The molecule has 0 radical (unpaired) electrons. The zero-order valence-corrected chi connectivity index (χ0v) is 29.3. The first kappa shape index (κ1) is 38.1. The summed E-state index contributed by atoms with van der Waals surface area (Å²) >= 11 is 0. The predicted octanol–water partition coefficient (Wildman–Crippen LogP) is 6.68. The lowest BCUT2D eigenvalue weighted by Crippen LogP contribution is -2.39. The summed E-state index contributed by atoms with van der Waals surface area (Å²) < 4.78 is 129. The molecule has 19 heteroatoms. The number of aromatic nitrogens is 2. The van der Waals surface area contributed by atoms with Gasteiger partial charge in [0, 0.05) is 17.1 Å². The van der Waals surface area contributed by atoms with Gasteiger partial charge in [-0.05, 0) is 55.2 Å². The lowest BCUT2D eigenvalue weighted by atomic mass is 9.92. The Morgan fingerprint density at radius 1 is 0.944 bits per heavy atom. The topological polar surface area (TPSA) is 169 Å². The fourth-order valence-electron chi connectivity index (χ4n) is 6.42. The van der Waals surface area contributed by atoms with Crippen LogP contribution in [0.25, 0.3) is 32.9 Å². The number of rotatable bonds is 12. The molecule has 0 spiro atoms. The molecule has 4 N–H and O–H groups in total. The molecule has 0 atom stereocenters. The molecule has 54 heavy (non-hydrogen) atoms. The molecule has 2 heterocycles. The van der Waals surface area contributed by atoms with E-state index in [-0.39, 0.29) is 74.1 Å². The normalized spacial score (nSPS) is 14.2. The van der Waals surface area contributed by atoms with Gasteiger partial charge in [-0.25, -0.2) is 8.42 Å². The number of aromatic hydroxyl groups is 2. The molecule has 0 bridgehead atoms. The predicted molar refractivity (Wildman–Crippen MR) is 181 cm³/mol. The highest BCUT2D eigenvalue weighted by molar-refractivity contribution is 7.89. The van der Waals surface area contributed by atoms with Crippen LogP contribution in [0.5, 0.6) is 34.6 Å². The second kappa shape index (κ2) is 13.7. The van der Waals surface area contributed by atoms with Crippen LogP contribution in [0.15, 0.2) is 48.7 Å². The summed E-state index contributed by atoms with van der Waals surface area (Å²) in [7, 11) is -1.74. The molecule has 0 saturated heterocycles. The van der Waals surface area contributed by atoms with Gasteiger partial charge in [-0.3, -0.25) is 14.5 Å². The number of H-pyrrole nitrogens is 1. The number of carbonyl (C=O) groups excluding carboxylic acids is 1. The van der Waals surface area contributed by atoms with Crippen molar-refractivity contribution in [2.45, 2.75) is 43.3 Å². The van der Waals surface area contributed by atoms with Crippen LogP contribution in [-0.4, -0.2) is 74.3 Å². The zero-order chi connectivity index (χ0) is 39.4. The number of sulfonamides is 1. The maximum atomic E-state index is 13.5. The van der Waals surface area contributed by atoms with Crippen LogP contribution in [-0.2, 0) is 26.0 Å². The molecule has 2 aromatic heterocycles. The maximum Gasteiger partial charge on any atom is 0.422 e. The van der Waals surface area contributed by atoms with Crippen LogP contribution in [0, 0.1) is 6.92 Å². The number of phenolic OH excluding ortho intramolecular Hbond substituents is 2. The second-order valence-electron chi connectivity index (χ2n) is 12.6. The number of nitrogens with zero attached hydrogens (tertiary/aromatic N) is 1. The number of phenols is 2. The first-order valence-corrected chi connectivity index (χ1v) is 17.6. The second-order valence-corrected chi connectivity index (χ2v) is 14.3. The summed E-state index contributed by atoms with van der Waals surface area (Å²) in [6, 6.07) is 9.48. The Morgan fingerprint density at radius 3 is 2.24 bits per heavy atom. The van der Waals surface area contributed by atoms with Crippen molar-refractivity contribution in [3.8, 4) is 45.9 Å². The van der Waals surface area contributed by atoms with Crippen molar-refractivity contribution in [1.82, 2.24) is 14.7 Å². The number of amides is 1. The number of benzene rings is 3. The molecule has 1 aliphatic rings. The van der Waals surface area contributed by atoms with Crippen LogP contribution >= 0.6 is 0 Å². The van der Waals surface area contributed by atoms with Crippen LogP contribution in [0.4, 0.5) is 26.3 Å². The van der Waals surface area contributed by atoms with Crippen molar-refractivity contribution in [2.24, 2.45) is 0 Å². The molecular weight excluding hydrogens is 752 g/mol. The summed E-state index contributed by atoms with van der Waals surface area (Å²) in [5, 5.41) is 21.1. The van der Waals surface area contributed by atoms with E-state index in [2.05, 4.69) is 14.7 Å². The third-order valence-corrected chi connectivity index (χ3v) is 10.0. The highest BCUT2D eigenvalue weighted by Gasteiger charge is 2.56. The van der Waals surface area contributed by atoms with E-state index in [1.165, 1.54) is 69.8 Å². The highest BCUT2D eigenvalue weighted by atomic mass is 32.2. The van der Waals surface area contributed by atoms with Crippen LogP contribution < -0.4 is 23.7 Å². The SMILES string of the molecule is COc1ccc(O)c(OC)c1C1(C(=O)NS(=O)(=O)Cc2ccc(-c3[nH]c(OCC(F)(F)F)c4c3c(O)c(OCC(F)(F)F)c3cccnc34)c(C)c2)CC1. The van der Waals surface area contributed by atoms with E-state index in [0.717, 1.165) is 0 Å². The summed E-state index contributed by atoms with van der Waals surface area (Å²) in [5.41, 5.74) is -0.724. The largest absolute Gasteiger partial charge is 0.504 e. The summed E-state index contributed by atoms with van der Waals surface area (Å²) in [6.45, 7) is -2.05. The van der Waals surface area contributed by atoms with Crippen molar-refractivity contribution in [3.05, 3.63) is 65.4 Å². The average Bonchev–Trinajstić information content (AvgIpc) is 3.80. The number of carbonyl (C=O) groups is 1. The molecule has 0 aliphatic heterocycles. The number of pyridine rings is 1. The molecule has 0 unspecified atom stereocenters. The van der Waals surface area contributed by atoms with Gasteiger partial charge in [0.25, 0.3) is 0 Å². The quantitative estimate of drug-likeness (QED) is 0.100. The molecule has 12 nitrogen and oxygen atoms in total. The zero-order valence-electron chi connectivity index (χ0n) is 28.5. The number of aromatic amines is 1. The van der Waals surface area contributed by atoms with Crippen LogP contribution in [0.1, 0.15) is 29.5 Å². The summed E-state index contributed by atoms with van der Waals surface area (Å²) in [5.74, 6) is -3.65. The van der Waals surface area contributed by atoms with E-state index in [0.29, 0.717) is 5.56 Å². The van der Waals surface area contributed by atoms with Crippen molar-refractivity contribution in [3.63, 3.8) is 0 Å². The molecule has 3 aromatic carbocycles. The van der Waals surface area contributed by atoms with E-state index in [4.69, 9.17) is 18.9 Å². The van der Waals surface area contributed by atoms with Gasteiger partial charge < -0.3 is 34.1 Å². The number of nitrogens with one attached hydrogen (secondary N) is 2. The van der Waals surface area contributed by atoms with E-state index in [1.54, 1.807) is 0 Å². The van der Waals surface area contributed by atoms with Gasteiger partial charge in [0.1, 0.15) is 5.75 Å². The first-order chi connectivity index (χ1) is 25.3. The molecule has 1 aliphatic carbocycles. The molecular formula is C35H31F6N3O9S. The van der Waals surface area contributed by atoms with E-state index >= 15 is 0 Å². The smallest absolute Gasteiger partial charge is 0.422 e. The summed E-state index contributed by atoms with van der Waals surface area (Å²) in [6.07, 6.45) is -7.89. The van der Waals surface area contributed by atoms with Gasteiger partial charge in [-0.2, -0.15) is 26.3 Å². The average molecular weight is 784 g/mol. The van der Waals surface area contributed by atoms with Crippen molar-refractivity contribution in [1.29, 1.82) is 0 Å². The molecule has 1 saturated carbocycles. The molecule has 5 aromatic rings. The lowest BCUT2D eigenvalue weighted by Gasteiger charge is -2.22. The minimum atomic E-state index is -4.81. The Balaban J connectivity index is 1.37. The van der Waals surface area contributed by atoms with Gasteiger partial charge in [0.15, 0.2) is 36.2 Å². The third-order valence-electron chi connectivity index (χ3n) is 8.82. The van der Waals surface area contributed by atoms with Gasteiger partial charge in [-0.1, -0.05) is 18.2 Å². The number of alkyl halides is 6. The van der Waals surface area contributed by atoms with E-state index in [9.17, 15) is 49.8 Å². The number of aryl methyl sites for hydroxylation is 1. The first-order valence-electron chi connectivity index (χ1n) is 15.9. The van der Waals surface area contributed by atoms with Crippen molar-refractivity contribution in [2.75, 3.05) is 27.4 Å². The lowest BCUT2D eigenvalue weighted by molar-refractivity contribution is -0.154. The van der Waals surface area contributed by atoms with Gasteiger partial charge in [0.2, 0.25) is 21.8 Å². The van der Waals surface area contributed by atoms with Gasteiger partial charge in [0.05, 0.1) is 52.9 Å². The number of hydrogen-bond acceptors (Lipinski definition) is 10. The Morgan fingerprint density at radius 2 is 1.63 bits per heavy atom. The van der Waals surface area contributed by atoms with Crippen molar-refractivity contribution >= 4 is 37.6 Å². The molecule has 6 rings (SSSR count). The Bertz CT molecular complexity index is 2390. The third kappa shape index (κ3) is 7.31. The number of hydrogen-bond donors (Lipinski definition) is 4. The monoisotopic (exact) mass is 783 g/mol. The molecule has 1 amide bonds. The standard InChI is InChI=1S/C35H31F6N3O9S/c1-17-13-18(14-54(48,49)44-32(47)33(10-11-33)25-22(50-2)9-8-21(45)30(25)51-3)6-7-19(17)27-23-24(31(43-27)53-16-35(39,40)41)26-20(5-4-12-42-26)29(28(23)46)52-15-34(36,37)38/h4-9,12-13,43,45-46H,10-11,14-16H2,1-3H3,(H,44,47). The number of fused-ring (bicyclic) bond motifs is 3. The number of halogens is 6. The minimum absolute atomic E-state index is 0.0386. The molecule has 1 fully saturated rings. The van der Waals surface area contributed by atoms with Crippen molar-refractivity contribution < 1.29 is 68.7 Å². The number of ether oxygens (including phenoxy) is 4. The van der Waals surface area contributed by atoms with Gasteiger partial charge >= 0.3 is 12.4 Å².